The maximum absolute atomic E-state index is 13.2. The molecule has 0 fully saturated rings. The Morgan fingerprint density at radius 2 is 1.78 bits per heavy atom. The van der Waals surface area contributed by atoms with Gasteiger partial charge in [0.05, 0.1) is 5.69 Å². The Hall–Kier alpha value is -1.61. The lowest BCUT2D eigenvalue weighted by atomic mass is 10.0. The summed E-state index contributed by atoms with van der Waals surface area (Å²) in [5.74, 6) is -0.249. The molecule has 0 spiro atoms. The molecule has 0 saturated carbocycles. The fraction of sp³-hybridized carbons (Fsp3) is 0.333. The van der Waals surface area contributed by atoms with E-state index in [-0.39, 0.29) is 5.82 Å². The molecular weight excluding hydrogens is 229 g/mol. The number of H-pyrrole nitrogens is 1. The third-order valence-corrected chi connectivity index (χ3v) is 3.62. The SMILES string of the molecule is Cc1cc(C(O)c2[nH]c(C)c(C)c2C)ccc1F. The number of aryl methyl sites for hydroxylation is 2. The van der Waals surface area contributed by atoms with Crippen molar-refractivity contribution in [3.63, 3.8) is 0 Å². The molecule has 1 aromatic carbocycles. The second-order valence-electron chi connectivity index (χ2n) is 4.82. The monoisotopic (exact) mass is 247 g/mol. The van der Waals surface area contributed by atoms with E-state index in [9.17, 15) is 9.50 Å². The smallest absolute Gasteiger partial charge is 0.126 e. The van der Waals surface area contributed by atoms with Gasteiger partial charge in [0.25, 0.3) is 0 Å². The van der Waals surface area contributed by atoms with Gasteiger partial charge in [0.15, 0.2) is 0 Å². The summed E-state index contributed by atoms with van der Waals surface area (Å²) < 4.78 is 13.2. The van der Waals surface area contributed by atoms with Crippen molar-refractivity contribution in [2.24, 2.45) is 0 Å². The van der Waals surface area contributed by atoms with Crippen LogP contribution in [0, 0.1) is 33.5 Å². The molecule has 1 atom stereocenters. The van der Waals surface area contributed by atoms with Crippen molar-refractivity contribution in [3.8, 4) is 0 Å². The molecule has 96 valence electrons. The Balaban J connectivity index is 2.44. The van der Waals surface area contributed by atoms with E-state index < -0.39 is 6.10 Å². The second kappa shape index (κ2) is 4.58. The number of nitrogens with one attached hydrogen (secondary N) is 1. The lowest BCUT2D eigenvalue weighted by Crippen LogP contribution is -2.03. The number of hydrogen-bond donors (Lipinski definition) is 2. The van der Waals surface area contributed by atoms with E-state index in [1.54, 1.807) is 19.1 Å². The topological polar surface area (TPSA) is 36.0 Å². The van der Waals surface area contributed by atoms with E-state index in [1.807, 2.05) is 20.8 Å². The van der Waals surface area contributed by atoms with Gasteiger partial charge in [0.2, 0.25) is 0 Å². The lowest BCUT2D eigenvalue weighted by Gasteiger charge is -2.12. The van der Waals surface area contributed by atoms with E-state index in [1.165, 1.54) is 6.07 Å². The first-order valence-corrected chi connectivity index (χ1v) is 6.01. The maximum Gasteiger partial charge on any atom is 0.126 e. The summed E-state index contributed by atoms with van der Waals surface area (Å²) in [6.45, 7) is 7.68. The summed E-state index contributed by atoms with van der Waals surface area (Å²) in [4.78, 5) is 3.20. The number of aromatic nitrogens is 1. The largest absolute Gasteiger partial charge is 0.382 e. The third-order valence-electron chi connectivity index (χ3n) is 3.62. The van der Waals surface area contributed by atoms with Gasteiger partial charge >= 0.3 is 0 Å². The average Bonchev–Trinajstić information content (AvgIpc) is 2.60. The van der Waals surface area contributed by atoms with Crippen LogP contribution in [0.4, 0.5) is 4.39 Å². The Bertz CT molecular complexity index is 586. The van der Waals surface area contributed by atoms with Gasteiger partial charge in [-0.3, -0.25) is 0 Å². The molecule has 2 aromatic rings. The Kier molecular flexibility index (Phi) is 3.26. The van der Waals surface area contributed by atoms with Crippen LogP contribution in [0.5, 0.6) is 0 Å². The van der Waals surface area contributed by atoms with Gasteiger partial charge in [0.1, 0.15) is 11.9 Å². The normalized spacial score (nSPS) is 12.8. The molecule has 2 rings (SSSR count). The van der Waals surface area contributed by atoms with Crippen LogP contribution >= 0.6 is 0 Å². The summed E-state index contributed by atoms with van der Waals surface area (Å²) in [7, 11) is 0. The molecule has 1 unspecified atom stereocenters. The number of rotatable bonds is 2. The van der Waals surface area contributed by atoms with Crippen LogP contribution in [0.25, 0.3) is 0 Å². The fourth-order valence-electron chi connectivity index (χ4n) is 2.15. The standard InChI is InChI=1S/C15H18FNO/c1-8-7-12(5-6-13(8)16)15(18)14-10(3)9(2)11(4)17-14/h5-7,15,17-18H,1-4H3. The highest BCUT2D eigenvalue weighted by Gasteiger charge is 2.18. The van der Waals surface area contributed by atoms with Crippen LogP contribution in [0.2, 0.25) is 0 Å². The van der Waals surface area contributed by atoms with Gasteiger partial charge in [0, 0.05) is 5.69 Å². The second-order valence-corrected chi connectivity index (χ2v) is 4.82. The molecule has 0 bridgehead atoms. The minimum atomic E-state index is -0.739. The molecule has 3 heteroatoms. The molecule has 0 amide bonds. The first kappa shape index (κ1) is 12.8. The van der Waals surface area contributed by atoms with Crippen LogP contribution in [0.3, 0.4) is 0 Å². The molecule has 2 nitrogen and oxygen atoms in total. The summed E-state index contributed by atoms with van der Waals surface area (Å²) in [6.07, 6.45) is -0.739. The predicted octanol–water partition coefficient (Wildman–Crippen LogP) is 3.47. The Labute approximate surface area is 106 Å². The number of hydrogen-bond acceptors (Lipinski definition) is 1. The van der Waals surface area contributed by atoms with E-state index in [0.717, 1.165) is 22.5 Å². The first-order valence-electron chi connectivity index (χ1n) is 6.01. The summed E-state index contributed by atoms with van der Waals surface area (Å²) >= 11 is 0. The van der Waals surface area contributed by atoms with Gasteiger partial charge in [-0.1, -0.05) is 12.1 Å². The van der Waals surface area contributed by atoms with E-state index in [2.05, 4.69) is 4.98 Å². The molecule has 2 N–H and O–H groups in total. The molecular formula is C15H18FNO. The minimum Gasteiger partial charge on any atom is -0.382 e. The van der Waals surface area contributed by atoms with Gasteiger partial charge in [-0.2, -0.15) is 0 Å². The highest BCUT2D eigenvalue weighted by atomic mass is 19.1. The first-order chi connectivity index (χ1) is 8.41. The molecule has 0 aliphatic rings. The van der Waals surface area contributed by atoms with E-state index in [4.69, 9.17) is 0 Å². The van der Waals surface area contributed by atoms with Crippen LogP contribution < -0.4 is 0 Å². The molecule has 1 heterocycles. The highest BCUT2D eigenvalue weighted by molar-refractivity contribution is 5.40. The third kappa shape index (κ3) is 2.06. The number of benzene rings is 1. The number of halogens is 1. The highest BCUT2D eigenvalue weighted by Crippen LogP contribution is 2.28. The quantitative estimate of drug-likeness (QED) is 0.837. The van der Waals surface area contributed by atoms with Crippen LogP contribution in [-0.2, 0) is 0 Å². The summed E-state index contributed by atoms with van der Waals surface area (Å²) in [6, 6.07) is 4.70. The van der Waals surface area contributed by atoms with Crippen molar-refractivity contribution in [2.45, 2.75) is 33.8 Å². The van der Waals surface area contributed by atoms with E-state index in [0.29, 0.717) is 11.1 Å². The van der Waals surface area contributed by atoms with Crippen LogP contribution in [0.1, 0.15) is 39.7 Å². The number of aromatic amines is 1. The van der Waals surface area contributed by atoms with E-state index >= 15 is 0 Å². The van der Waals surface area contributed by atoms with Crippen molar-refractivity contribution >= 4 is 0 Å². The zero-order valence-electron chi connectivity index (χ0n) is 11.1. The lowest BCUT2D eigenvalue weighted by molar-refractivity contribution is 0.215. The van der Waals surface area contributed by atoms with Crippen molar-refractivity contribution in [3.05, 3.63) is 57.7 Å². The molecule has 0 aliphatic carbocycles. The van der Waals surface area contributed by atoms with Crippen molar-refractivity contribution in [1.82, 2.24) is 4.98 Å². The van der Waals surface area contributed by atoms with Gasteiger partial charge in [-0.15, -0.1) is 0 Å². The van der Waals surface area contributed by atoms with Crippen molar-refractivity contribution in [1.29, 1.82) is 0 Å². The number of aliphatic hydroxyl groups excluding tert-OH is 1. The molecule has 0 aliphatic heterocycles. The predicted molar refractivity (Wildman–Crippen MR) is 70.2 cm³/mol. The summed E-state index contributed by atoms with van der Waals surface area (Å²) in [5.41, 5.74) is 5.31. The van der Waals surface area contributed by atoms with Gasteiger partial charge < -0.3 is 10.1 Å². The Morgan fingerprint density at radius 3 is 2.28 bits per heavy atom. The zero-order chi connectivity index (χ0) is 13.4. The molecule has 1 aromatic heterocycles. The fourth-order valence-corrected chi connectivity index (χ4v) is 2.15. The van der Waals surface area contributed by atoms with Crippen LogP contribution in [-0.4, -0.2) is 10.1 Å². The zero-order valence-corrected chi connectivity index (χ0v) is 11.1. The Morgan fingerprint density at radius 1 is 1.11 bits per heavy atom. The number of aliphatic hydroxyl groups is 1. The van der Waals surface area contributed by atoms with Gasteiger partial charge in [-0.05, 0) is 56.0 Å². The van der Waals surface area contributed by atoms with Crippen LogP contribution in [0.15, 0.2) is 18.2 Å². The van der Waals surface area contributed by atoms with Crippen molar-refractivity contribution < 1.29 is 9.50 Å². The molecule has 0 saturated heterocycles. The maximum atomic E-state index is 13.2. The summed E-state index contributed by atoms with van der Waals surface area (Å²) in [5, 5.41) is 10.4. The molecule has 18 heavy (non-hydrogen) atoms. The minimum absolute atomic E-state index is 0.249. The molecule has 0 radical (unpaired) electrons. The average molecular weight is 247 g/mol. The van der Waals surface area contributed by atoms with Crippen molar-refractivity contribution in [2.75, 3.05) is 0 Å². The van der Waals surface area contributed by atoms with Gasteiger partial charge in [-0.25, -0.2) is 4.39 Å².